The van der Waals surface area contributed by atoms with Crippen molar-refractivity contribution >= 4 is 29.5 Å². The molecule has 1 heterocycles. The third-order valence-corrected chi connectivity index (χ3v) is 3.96. The highest BCUT2D eigenvalue weighted by molar-refractivity contribution is 8.19. The van der Waals surface area contributed by atoms with Crippen molar-refractivity contribution in [3.8, 4) is 0 Å². The van der Waals surface area contributed by atoms with Crippen LogP contribution in [0.1, 0.15) is 6.42 Å². The highest BCUT2D eigenvalue weighted by Gasteiger charge is 2.18. The summed E-state index contributed by atoms with van der Waals surface area (Å²) in [6.07, 6.45) is 0.331. The van der Waals surface area contributed by atoms with Crippen molar-refractivity contribution in [1.29, 1.82) is 0 Å². The molecule has 52 valence electrons. The van der Waals surface area contributed by atoms with E-state index in [1.807, 2.05) is 11.8 Å². The molecule has 0 aromatic rings. The zero-order valence-electron chi connectivity index (χ0n) is 4.87. The lowest BCUT2D eigenvalue weighted by Crippen LogP contribution is -2.08. The summed E-state index contributed by atoms with van der Waals surface area (Å²) in [4.78, 5) is 10.1. The number of hydrogen-bond donors (Lipinski definition) is 1. The van der Waals surface area contributed by atoms with Crippen LogP contribution in [-0.4, -0.2) is 27.2 Å². The van der Waals surface area contributed by atoms with E-state index in [2.05, 4.69) is 0 Å². The molecule has 4 heteroatoms. The largest absolute Gasteiger partial charge is 0.481 e. The van der Waals surface area contributed by atoms with Gasteiger partial charge in [0.2, 0.25) is 0 Å². The first-order chi connectivity index (χ1) is 4.29. The molecule has 0 spiro atoms. The molecular formula is C5H8O2S2. The van der Waals surface area contributed by atoms with Gasteiger partial charge in [0.1, 0.15) is 0 Å². The maximum atomic E-state index is 10.1. The van der Waals surface area contributed by atoms with Gasteiger partial charge in [0, 0.05) is 16.1 Å². The maximum Gasteiger partial charge on any atom is 0.304 e. The topological polar surface area (TPSA) is 37.3 Å². The molecule has 1 N–H and O–H groups in total. The molecule has 0 saturated carbocycles. The van der Waals surface area contributed by atoms with Crippen LogP contribution in [0.5, 0.6) is 0 Å². The number of carbonyl (C=O) groups is 1. The second-order valence-corrected chi connectivity index (χ2v) is 4.56. The van der Waals surface area contributed by atoms with Crippen LogP contribution in [-0.2, 0) is 4.79 Å². The van der Waals surface area contributed by atoms with Gasteiger partial charge in [-0.2, -0.15) is 0 Å². The first kappa shape index (κ1) is 7.28. The summed E-state index contributed by atoms with van der Waals surface area (Å²) in [5.74, 6) is 0.340. The van der Waals surface area contributed by atoms with Crippen molar-refractivity contribution in [3.05, 3.63) is 0 Å². The van der Waals surface area contributed by atoms with Crippen molar-refractivity contribution < 1.29 is 9.90 Å². The molecule has 0 bridgehead atoms. The molecule has 0 aliphatic carbocycles. The average molecular weight is 164 g/mol. The Hall–Kier alpha value is 0.170. The summed E-state index contributed by atoms with van der Waals surface area (Å²) < 4.78 is 0. The van der Waals surface area contributed by atoms with E-state index in [1.54, 1.807) is 11.8 Å². The van der Waals surface area contributed by atoms with E-state index in [1.165, 1.54) is 0 Å². The van der Waals surface area contributed by atoms with Gasteiger partial charge in [-0.1, -0.05) is 0 Å². The van der Waals surface area contributed by atoms with E-state index in [9.17, 15) is 4.79 Å². The lowest BCUT2D eigenvalue weighted by atomic mass is 10.3. The first-order valence-electron chi connectivity index (χ1n) is 2.70. The molecule has 1 aliphatic heterocycles. The number of rotatable bonds is 2. The minimum Gasteiger partial charge on any atom is -0.481 e. The summed E-state index contributed by atoms with van der Waals surface area (Å²) in [5, 5.41) is 9.79. The zero-order chi connectivity index (χ0) is 6.69. The molecule has 1 rings (SSSR count). The van der Waals surface area contributed by atoms with Gasteiger partial charge in [0.25, 0.3) is 0 Å². The fourth-order valence-electron chi connectivity index (χ4n) is 0.685. The molecule has 1 aliphatic rings. The molecule has 0 radical (unpaired) electrons. The van der Waals surface area contributed by atoms with E-state index >= 15 is 0 Å². The molecule has 1 atom stereocenters. The van der Waals surface area contributed by atoms with Crippen LogP contribution in [0.3, 0.4) is 0 Å². The monoisotopic (exact) mass is 164 g/mol. The molecule has 2 nitrogen and oxygen atoms in total. The number of carboxylic acid groups (broad SMARTS) is 1. The van der Waals surface area contributed by atoms with Gasteiger partial charge in [0.15, 0.2) is 0 Å². The Balaban J connectivity index is 2.19. The lowest BCUT2D eigenvalue weighted by molar-refractivity contribution is -0.136. The van der Waals surface area contributed by atoms with Gasteiger partial charge in [-0.05, 0) is 0 Å². The van der Waals surface area contributed by atoms with Crippen LogP contribution >= 0.6 is 23.5 Å². The summed E-state index contributed by atoms with van der Waals surface area (Å²) in [6.45, 7) is 0. The molecule has 1 saturated heterocycles. The van der Waals surface area contributed by atoms with Gasteiger partial charge < -0.3 is 5.11 Å². The number of hydrogen-bond acceptors (Lipinski definition) is 3. The average Bonchev–Trinajstić information content (AvgIpc) is 2.15. The van der Waals surface area contributed by atoms with E-state index in [4.69, 9.17) is 5.11 Å². The number of aliphatic carboxylic acids is 1. The zero-order valence-corrected chi connectivity index (χ0v) is 6.50. The number of carboxylic acids is 1. The SMILES string of the molecule is O=C(O)CC1CSCS1. The second-order valence-electron chi connectivity index (χ2n) is 1.88. The Morgan fingerprint density at radius 3 is 3.00 bits per heavy atom. The van der Waals surface area contributed by atoms with Crippen LogP contribution in [0, 0.1) is 0 Å². The van der Waals surface area contributed by atoms with Crippen LogP contribution in [0.25, 0.3) is 0 Å². The summed E-state index contributed by atoms with van der Waals surface area (Å²) in [7, 11) is 0. The van der Waals surface area contributed by atoms with Crippen molar-refractivity contribution in [3.63, 3.8) is 0 Å². The van der Waals surface area contributed by atoms with Crippen LogP contribution < -0.4 is 0 Å². The van der Waals surface area contributed by atoms with E-state index < -0.39 is 5.97 Å². The van der Waals surface area contributed by atoms with Gasteiger partial charge in [-0.3, -0.25) is 4.79 Å². The van der Waals surface area contributed by atoms with E-state index in [0.29, 0.717) is 11.7 Å². The molecule has 0 aromatic heterocycles. The second kappa shape index (κ2) is 3.37. The molecular weight excluding hydrogens is 156 g/mol. The van der Waals surface area contributed by atoms with Gasteiger partial charge in [-0.25, -0.2) is 0 Å². The lowest BCUT2D eigenvalue weighted by Gasteiger charge is -2.00. The van der Waals surface area contributed by atoms with Crippen molar-refractivity contribution in [2.24, 2.45) is 0 Å². The van der Waals surface area contributed by atoms with Crippen LogP contribution in [0.2, 0.25) is 0 Å². The first-order valence-corrected chi connectivity index (χ1v) is 4.90. The Bertz CT molecular complexity index is 110. The molecule has 0 aromatic carbocycles. The maximum absolute atomic E-state index is 10.1. The normalized spacial score (nSPS) is 26.4. The van der Waals surface area contributed by atoms with Crippen molar-refractivity contribution in [1.82, 2.24) is 0 Å². The standard InChI is InChI=1S/C5H8O2S2/c6-5(7)1-4-2-8-3-9-4/h4H,1-3H2,(H,6,7). The summed E-state index contributed by atoms with van der Waals surface area (Å²) in [6, 6.07) is 0. The molecule has 0 amide bonds. The highest BCUT2D eigenvalue weighted by Crippen LogP contribution is 2.31. The van der Waals surface area contributed by atoms with Crippen LogP contribution in [0.15, 0.2) is 0 Å². The molecule has 9 heavy (non-hydrogen) atoms. The minimum absolute atomic E-state index is 0.331. The number of thioether (sulfide) groups is 2. The summed E-state index contributed by atoms with van der Waals surface area (Å²) in [5.41, 5.74) is 0. The Kier molecular flexibility index (Phi) is 2.72. The fourth-order valence-corrected chi connectivity index (χ4v) is 3.54. The highest BCUT2D eigenvalue weighted by atomic mass is 32.2. The third kappa shape index (κ3) is 2.49. The van der Waals surface area contributed by atoms with Crippen molar-refractivity contribution in [2.75, 3.05) is 10.8 Å². The molecule has 1 unspecified atom stereocenters. The Morgan fingerprint density at radius 2 is 2.56 bits per heavy atom. The van der Waals surface area contributed by atoms with Gasteiger partial charge >= 0.3 is 5.97 Å². The predicted octanol–water partition coefficient (Wildman–Crippen LogP) is 1.27. The summed E-state index contributed by atoms with van der Waals surface area (Å²) >= 11 is 3.58. The van der Waals surface area contributed by atoms with Gasteiger partial charge in [0.05, 0.1) is 6.42 Å². The van der Waals surface area contributed by atoms with Crippen LogP contribution in [0.4, 0.5) is 0 Å². The minimum atomic E-state index is -0.671. The van der Waals surface area contributed by atoms with E-state index in [0.717, 1.165) is 10.8 Å². The molecule has 1 fully saturated rings. The van der Waals surface area contributed by atoms with Gasteiger partial charge in [-0.15, -0.1) is 23.5 Å². The van der Waals surface area contributed by atoms with Crippen molar-refractivity contribution in [2.45, 2.75) is 11.7 Å². The quantitative estimate of drug-likeness (QED) is 0.667. The smallest absolute Gasteiger partial charge is 0.304 e. The third-order valence-electron chi connectivity index (χ3n) is 1.09. The predicted molar refractivity (Wildman–Crippen MR) is 41.0 cm³/mol. The fraction of sp³-hybridized carbons (Fsp3) is 0.800. The Labute approximate surface area is 62.4 Å². The van der Waals surface area contributed by atoms with E-state index in [-0.39, 0.29) is 0 Å². The Morgan fingerprint density at radius 1 is 1.78 bits per heavy atom.